The molecule has 0 saturated carbocycles. The smallest absolute Gasteiger partial charge is 0.321 e. The fraction of sp³-hybridized carbons (Fsp3) is 0.111. The minimum Gasteiger partial charge on any atom is -0.341 e. The van der Waals surface area contributed by atoms with Crippen molar-refractivity contribution in [3.63, 3.8) is 0 Å². The van der Waals surface area contributed by atoms with E-state index in [4.69, 9.17) is 16.1 Å². The van der Waals surface area contributed by atoms with Crippen molar-refractivity contribution in [3.05, 3.63) is 29.0 Å². The maximum absolute atomic E-state index is 12.9. The molecule has 4 nitrogen and oxygen atoms in total. The molecule has 2 aromatic rings. The first-order valence-corrected chi connectivity index (χ1v) is 4.55. The molecule has 0 spiro atoms. The van der Waals surface area contributed by atoms with Gasteiger partial charge in [-0.15, -0.1) is 0 Å². The van der Waals surface area contributed by atoms with Crippen molar-refractivity contribution in [3.8, 4) is 11.4 Å². The molecule has 0 saturated heterocycles. The van der Waals surface area contributed by atoms with Gasteiger partial charge in [-0.2, -0.15) is 4.98 Å². The number of hydrogen-bond donors (Lipinski definition) is 1. The second-order valence-electron chi connectivity index (χ2n) is 2.80. The Kier molecular flexibility index (Phi) is 2.55. The van der Waals surface area contributed by atoms with Gasteiger partial charge in [-0.25, -0.2) is 4.39 Å². The summed E-state index contributed by atoms with van der Waals surface area (Å²) in [5.41, 5.74) is 0.603. The van der Waals surface area contributed by atoms with Crippen LogP contribution < -0.4 is 5.32 Å². The van der Waals surface area contributed by atoms with Gasteiger partial charge in [0.1, 0.15) is 5.82 Å². The van der Waals surface area contributed by atoms with Gasteiger partial charge in [0.2, 0.25) is 5.82 Å². The fourth-order valence-corrected chi connectivity index (χ4v) is 1.26. The maximum atomic E-state index is 12.9. The third-order valence-corrected chi connectivity index (χ3v) is 2.11. The highest BCUT2D eigenvalue weighted by atomic mass is 35.5. The molecule has 0 amide bonds. The summed E-state index contributed by atoms with van der Waals surface area (Å²) in [5.74, 6) is -0.112. The van der Waals surface area contributed by atoms with Gasteiger partial charge >= 0.3 is 6.01 Å². The summed E-state index contributed by atoms with van der Waals surface area (Å²) in [6.45, 7) is 0. The van der Waals surface area contributed by atoms with Crippen molar-refractivity contribution < 1.29 is 8.91 Å². The molecule has 1 N–H and O–H groups in total. The minimum atomic E-state index is -0.474. The summed E-state index contributed by atoms with van der Waals surface area (Å²) in [7, 11) is 1.66. The number of halogens is 2. The Balaban J connectivity index is 2.40. The Morgan fingerprint density at radius 2 is 2.27 bits per heavy atom. The summed E-state index contributed by atoms with van der Waals surface area (Å²) < 4.78 is 17.7. The Bertz CT molecular complexity index is 486. The highest BCUT2D eigenvalue weighted by Crippen LogP contribution is 2.23. The summed E-state index contributed by atoms with van der Waals surface area (Å²) in [5, 5.41) is 6.42. The van der Waals surface area contributed by atoms with E-state index in [2.05, 4.69) is 15.5 Å². The quantitative estimate of drug-likeness (QED) is 0.857. The Hall–Kier alpha value is -1.62. The molecule has 1 aromatic heterocycles. The van der Waals surface area contributed by atoms with Gasteiger partial charge in [-0.1, -0.05) is 16.8 Å². The van der Waals surface area contributed by atoms with Gasteiger partial charge < -0.3 is 9.84 Å². The molecule has 0 bridgehead atoms. The zero-order valence-electron chi connectivity index (χ0n) is 7.79. The molecule has 1 aromatic carbocycles. The van der Waals surface area contributed by atoms with E-state index >= 15 is 0 Å². The van der Waals surface area contributed by atoms with Gasteiger partial charge in [-0.05, 0) is 18.2 Å². The van der Waals surface area contributed by atoms with Crippen LogP contribution in [-0.4, -0.2) is 17.2 Å². The first-order valence-electron chi connectivity index (χ1n) is 4.17. The zero-order valence-corrected chi connectivity index (χ0v) is 8.55. The molecular weight excluding hydrogens is 221 g/mol. The number of rotatable bonds is 2. The van der Waals surface area contributed by atoms with E-state index < -0.39 is 5.82 Å². The van der Waals surface area contributed by atoms with Gasteiger partial charge in [-0.3, -0.25) is 0 Å². The van der Waals surface area contributed by atoms with Crippen LogP contribution in [0.5, 0.6) is 0 Å². The topological polar surface area (TPSA) is 51.0 Å². The molecule has 0 aliphatic rings. The SMILES string of the molecule is CNc1nc(-c2ccc(F)c(Cl)c2)no1. The summed E-state index contributed by atoms with van der Waals surface area (Å²) in [4.78, 5) is 4.00. The fourth-order valence-electron chi connectivity index (χ4n) is 1.08. The highest BCUT2D eigenvalue weighted by molar-refractivity contribution is 6.31. The van der Waals surface area contributed by atoms with Gasteiger partial charge in [0, 0.05) is 12.6 Å². The molecule has 0 aliphatic heterocycles. The van der Waals surface area contributed by atoms with E-state index in [1.165, 1.54) is 18.2 Å². The minimum absolute atomic E-state index is 0.0308. The first-order chi connectivity index (χ1) is 7.20. The maximum Gasteiger partial charge on any atom is 0.321 e. The van der Waals surface area contributed by atoms with Crippen LogP contribution in [0.4, 0.5) is 10.4 Å². The third kappa shape index (κ3) is 1.92. The molecule has 0 aliphatic carbocycles. The second-order valence-corrected chi connectivity index (χ2v) is 3.21. The van der Waals surface area contributed by atoms with Crippen LogP contribution in [0, 0.1) is 5.82 Å². The lowest BCUT2D eigenvalue weighted by Gasteiger charge is -1.96. The molecule has 6 heteroatoms. The zero-order chi connectivity index (χ0) is 10.8. The van der Waals surface area contributed by atoms with Crippen molar-refractivity contribution in [1.82, 2.24) is 10.1 Å². The first kappa shape index (κ1) is 9.92. The molecule has 0 atom stereocenters. The lowest BCUT2D eigenvalue weighted by Crippen LogP contribution is -1.87. The molecule has 0 unspecified atom stereocenters. The van der Waals surface area contributed by atoms with Crippen LogP contribution in [0.3, 0.4) is 0 Å². The van der Waals surface area contributed by atoms with Crippen LogP contribution in [0.1, 0.15) is 0 Å². The van der Waals surface area contributed by atoms with Crippen LogP contribution in [0.2, 0.25) is 5.02 Å². The summed E-state index contributed by atoms with van der Waals surface area (Å²) >= 11 is 5.63. The van der Waals surface area contributed by atoms with Crippen molar-refractivity contribution in [2.24, 2.45) is 0 Å². The lowest BCUT2D eigenvalue weighted by atomic mass is 10.2. The van der Waals surface area contributed by atoms with E-state index in [0.717, 1.165) is 0 Å². The highest BCUT2D eigenvalue weighted by Gasteiger charge is 2.09. The van der Waals surface area contributed by atoms with Crippen LogP contribution in [0.15, 0.2) is 22.7 Å². The lowest BCUT2D eigenvalue weighted by molar-refractivity contribution is 0.434. The van der Waals surface area contributed by atoms with E-state index in [9.17, 15) is 4.39 Å². The number of nitrogens with zero attached hydrogens (tertiary/aromatic N) is 2. The summed E-state index contributed by atoms with van der Waals surface area (Å²) in [6, 6.07) is 4.53. The molecule has 0 radical (unpaired) electrons. The van der Waals surface area contributed by atoms with Crippen LogP contribution >= 0.6 is 11.6 Å². The van der Waals surface area contributed by atoms with Crippen molar-refractivity contribution in [2.45, 2.75) is 0 Å². The number of benzene rings is 1. The van der Waals surface area contributed by atoms with E-state index in [1.807, 2.05) is 0 Å². The molecule has 0 fully saturated rings. The number of anilines is 1. The Morgan fingerprint density at radius 1 is 1.47 bits per heavy atom. The normalized spacial score (nSPS) is 10.3. The standard InChI is InChI=1S/C9H7ClFN3O/c1-12-9-13-8(14-15-9)5-2-3-7(11)6(10)4-5/h2-4H,1H3,(H,12,13,14). The number of nitrogens with one attached hydrogen (secondary N) is 1. The predicted molar refractivity (Wildman–Crippen MR) is 54.2 cm³/mol. The van der Waals surface area contributed by atoms with Crippen molar-refractivity contribution in [2.75, 3.05) is 12.4 Å². The van der Waals surface area contributed by atoms with Gasteiger partial charge in [0.15, 0.2) is 0 Å². The van der Waals surface area contributed by atoms with E-state index in [-0.39, 0.29) is 5.02 Å². The number of aromatic nitrogens is 2. The van der Waals surface area contributed by atoms with Crippen molar-refractivity contribution in [1.29, 1.82) is 0 Å². The van der Waals surface area contributed by atoms with Gasteiger partial charge in [0.25, 0.3) is 0 Å². The Morgan fingerprint density at radius 3 is 2.87 bits per heavy atom. The molecule has 15 heavy (non-hydrogen) atoms. The monoisotopic (exact) mass is 227 g/mol. The van der Waals surface area contributed by atoms with Crippen LogP contribution in [0.25, 0.3) is 11.4 Å². The molecule has 78 valence electrons. The van der Waals surface area contributed by atoms with E-state index in [1.54, 1.807) is 7.05 Å². The van der Waals surface area contributed by atoms with Crippen molar-refractivity contribution >= 4 is 17.6 Å². The Labute approximate surface area is 90.1 Å². The average Bonchev–Trinajstić information content (AvgIpc) is 2.70. The second kappa shape index (κ2) is 3.86. The third-order valence-electron chi connectivity index (χ3n) is 1.82. The van der Waals surface area contributed by atoms with E-state index in [0.29, 0.717) is 17.4 Å². The average molecular weight is 228 g/mol. The largest absolute Gasteiger partial charge is 0.341 e. The van der Waals surface area contributed by atoms with Crippen LogP contribution in [-0.2, 0) is 0 Å². The molecule has 2 rings (SSSR count). The predicted octanol–water partition coefficient (Wildman–Crippen LogP) is 2.57. The molecule has 1 heterocycles. The summed E-state index contributed by atoms with van der Waals surface area (Å²) in [6.07, 6.45) is 0. The van der Waals surface area contributed by atoms with Gasteiger partial charge in [0.05, 0.1) is 5.02 Å². The number of hydrogen-bond acceptors (Lipinski definition) is 4. The molecular formula is C9H7ClFN3O.